The van der Waals surface area contributed by atoms with Gasteiger partial charge in [-0.3, -0.25) is 4.79 Å². The molecule has 8 heteroatoms. The van der Waals surface area contributed by atoms with Gasteiger partial charge in [0.2, 0.25) is 11.0 Å². The summed E-state index contributed by atoms with van der Waals surface area (Å²) >= 11 is 1.48. The van der Waals surface area contributed by atoms with Crippen LogP contribution >= 0.6 is 11.5 Å². The van der Waals surface area contributed by atoms with E-state index >= 15 is 0 Å². The lowest BCUT2D eigenvalue weighted by Gasteiger charge is -2.31. The lowest BCUT2D eigenvalue weighted by molar-refractivity contribution is -0.899. The number of ether oxygens (including phenoxy) is 1. The molecule has 2 aromatic rings. The van der Waals surface area contributed by atoms with E-state index in [-0.39, 0.29) is 11.3 Å². The predicted molar refractivity (Wildman–Crippen MR) is 121 cm³/mol. The van der Waals surface area contributed by atoms with Crippen LogP contribution in [0.4, 0.5) is 5.13 Å². The summed E-state index contributed by atoms with van der Waals surface area (Å²) in [6.45, 7) is 12.0. The molecule has 0 saturated carbocycles. The monoisotopic (exact) mass is 432 g/mol. The number of anilines is 1. The maximum atomic E-state index is 12.0. The Morgan fingerprint density at radius 3 is 2.77 bits per heavy atom. The molecule has 1 aliphatic rings. The minimum absolute atomic E-state index is 0.0374. The van der Waals surface area contributed by atoms with Crippen molar-refractivity contribution in [2.75, 3.05) is 51.3 Å². The smallest absolute Gasteiger partial charge is 0.220 e. The van der Waals surface area contributed by atoms with Crippen molar-refractivity contribution in [1.82, 2.24) is 14.7 Å². The number of carbonyl (C=O) groups excluding carboxylic acids is 1. The van der Waals surface area contributed by atoms with Crippen molar-refractivity contribution in [3.8, 4) is 5.75 Å². The van der Waals surface area contributed by atoms with E-state index in [1.165, 1.54) is 16.4 Å². The Labute approximate surface area is 183 Å². The molecule has 1 saturated heterocycles. The zero-order valence-electron chi connectivity index (χ0n) is 18.5. The first-order valence-electron chi connectivity index (χ1n) is 10.6. The van der Waals surface area contributed by atoms with Crippen LogP contribution in [0.25, 0.3) is 0 Å². The summed E-state index contributed by atoms with van der Waals surface area (Å²) in [6, 6.07) is 8.05. The van der Waals surface area contributed by atoms with Crippen LogP contribution in [0, 0.1) is 5.41 Å². The van der Waals surface area contributed by atoms with Gasteiger partial charge in [0.15, 0.2) is 0 Å². The number of rotatable bonds is 8. The van der Waals surface area contributed by atoms with E-state index < -0.39 is 0 Å². The van der Waals surface area contributed by atoms with Gasteiger partial charge in [-0.25, -0.2) is 4.98 Å². The van der Waals surface area contributed by atoms with Gasteiger partial charge in [0.1, 0.15) is 11.6 Å². The zero-order valence-corrected chi connectivity index (χ0v) is 19.3. The van der Waals surface area contributed by atoms with E-state index in [9.17, 15) is 4.79 Å². The lowest BCUT2D eigenvalue weighted by Crippen LogP contribution is -3.15. The van der Waals surface area contributed by atoms with Gasteiger partial charge >= 0.3 is 0 Å². The summed E-state index contributed by atoms with van der Waals surface area (Å²) in [5, 5.41) is 4.07. The van der Waals surface area contributed by atoms with Gasteiger partial charge in [0.05, 0.1) is 46.4 Å². The molecule has 2 heterocycles. The van der Waals surface area contributed by atoms with Gasteiger partial charge in [-0.2, -0.15) is 4.37 Å². The minimum atomic E-state index is 0.0374. The molecule has 30 heavy (non-hydrogen) atoms. The molecule has 3 rings (SSSR count). The van der Waals surface area contributed by atoms with Crippen LogP contribution < -0.4 is 19.9 Å². The second kappa shape index (κ2) is 10.2. The number of hydrogen-bond acceptors (Lipinski definition) is 6. The maximum Gasteiger partial charge on any atom is 0.220 e. The Morgan fingerprint density at radius 2 is 2.07 bits per heavy atom. The molecule has 0 spiro atoms. The molecule has 1 aromatic heterocycles. The van der Waals surface area contributed by atoms with Crippen molar-refractivity contribution in [1.29, 1.82) is 0 Å². The molecule has 0 atom stereocenters. The third-order valence-corrected chi connectivity index (χ3v) is 6.00. The third kappa shape index (κ3) is 6.95. The van der Waals surface area contributed by atoms with Crippen LogP contribution in [0.3, 0.4) is 0 Å². The fraction of sp³-hybridized carbons (Fsp3) is 0.591. The fourth-order valence-electron chi connectivity index (χ4n) is 3.60. The maximum absolute atomic E-state index is 12.0. The van der Waals surface area contributed by atoms with Crippen LogP contribution in [-0.4, -0.2) is 61.6 Å². The van der Waals surface area contributed by atoms with Gasteiger partial charge in [-0.1, -0.05) is 32.9 Å². The van der Waals surface area contributed by atoms with E-state index in [1.807, 2.05) is 18.2 Å². The number of piperazine rings is 1. The van der Waals surface area contributed by atoms with E-state index in [0.29, 0.717) is 12.8 Å². The lowest BCUT2D eigenvalue weighted by atomic mass is 9.92. The standard InChI is InChI=1S/C22H33N5O2S/c1-22(2,3)16-20(28)23-8-9-26-10-12-27(13-11-26)21-24-19(25-30-21)15-17-6-5-7-18(14-17)29-4/h5-7,14H,8-13,15-16H2,1-4H3,(H,23,28)/p+1. The first-order chi connectivity index (χ1) is 14.3. The summed E-state index contributed by atoms with van der Waals surface area (Å²) in [7, 11) is 1.68. The number of methoxy groups -OCH3 is 1. The molecule has 1 aromatic carbocycles. The van der Waals surface area contributed by atoms with Crippen molar-refractivity contribution in [2.45, 2.75) is 33.6 Å². The molecule has 164 valence electrons. The molecule has 0 bridgehead atoms. The zero-order chi connectivity index (χ0) is 21.6. The number of amides is 1. The Balaban J connectivity index is 1.41. The van der Waals surface area contributed by atoms with Gasteiger partial charge in [0.25, 0.3) is 0 Å². The fourth-order valence-corrected chi connectivity index (χ4v) is 4.33. The molecule has 1 fully saturated rings. The largest absolute Gasteiger partial charge is 0.497 e. The first kappa shape index (κ1) is 22.5. The van der Waals surface area contributed by atoms with Crippen LogP contribution in [0.5, 0.6) is 5.75 Å². The van der Waals surface area contributed by atoms with Gasteiger partial charge < -0.3 is 19.9 Å². The predicted octanol–water partition coefficient (Wildman–Crippen LogP) is 1.39. The molecular formula is C22H34N5O2S+. The molecule has 7 nitrogen and oxygen atoms in total. The quantitative estimate of drug-likeness (QED) is 0.660. The second-order valence-electron chi connectivity index (χ2n) is 9.10. The van der Waals surface area contributed by atoms with E-state index in [2.05, 4.69) is 41.4 Å². The van der Waals surface area contributed by atoms with Crippen LogP contribution in [-0.2, 0) is 11.2 Å². The number of benzene rings is 1. The Hall–Kier alpha value is -2.19. The number of quaternary nitrogens is 1. The van der Waals surface area contributed by atoms with E-state index in [1.54, 1.807) is 7.11 Å². The molecule has 1 amide bonds. The van der Waals surface area contributed by atoms with Gasteiger partial charge in [-0.15, -0.1) is 0 Å². The molecule has 0 aliphatic carbocycles. The third-order valence-electron chi connectivity index (χ3n) is 5.19. The average Bonchev–Trinajstić information content (AvgIpc) is 3.15. The van der Waals surface area contributed by atoms with Crippen molar-refractivity contribution < 1.29 is 14.4 Å². The summed E-state index contributed by atoms with van der Waals surface area (Å²) in [5.74, 6) is 1.87. The second-order valence-corrected chi connectivity index (χ2v) is 9.83. The number of hydrogen-bond donors (Lipinski definition) is 2. The number of carbonyl (C=O) groups is 1. The SMILES string of the molecule is COc1cccc(Cc2nsc(N3CC[NH+](CCNC(=O)CC(C)(C)C)CC3)n2)c1. The number of nitrogens with zero attached hydrogens (tertiary/aromatic N) is 3. The van der Waals surface area contributed by atoms with Gasteiger partial charge in [-0.05, 0) is 23.1 Å². The molecule has 0 radical (unpaired) electrons. The molecular weight excluding hydrogens is 398 g/mol. The number of nitrogens with one attached hydrogen (secondary N) is 2. The van der Waals surface area contributed by atoms with E-state index in [0.717, 1.165) is 61.5 Å². The highest BCUT2D eigenvalue weighted by Crippen LogP contribution is 2.20. The average molecular weight is 433 g/mol. The summed E-state index contributed by atoms with van der Waals surface area (Å²) < 4.78 is 9.85. The van der Waals surface area contributed by atoms with Crippen LogP contribution in [0.15, 0.2) is 24.3 Å². The Morgan fingerprint density at radius 1 is 1.30 bits per heavy atom. The minimum Gasteiger partial charge on any atom is -0.497 e. The van der Waals surface area contributed by atoms with Crippen LogP contribution in [0.1, 0.15) is 38.6 Å². The van der Waals surface area contributed by atoms with Crippen molar-refractivity contribution in [3.63, 3.8) is 0 Å². The topological polar surface area (TPSA) is 71.8 Å². The summed E-state index contributed by atoms with van der Waals surface area (Å²) in [6.07, 6.45) is 1.29. The summed E-state index contributed by atoms with van der Waals surface area (Å²) in [4.78, 5) is 20.6. The first-order valence-corrected chi connectivity index (χ1v) is 11.4. The Bertz CT molecular complexity index is 825. The normalized spacial score (nSPS) is 15.3. The Kier molecular flexibility index (Phi) is 7.66. The number of aromatic nitrogens is 2. The van der Waals surface area contributed by atoms with E-state index in [4.69, 9.17) is 9.72 Å². The van der Waals surface area contributed by atoms with Crippen molar-refractivity contribution >= 4 is 22.6 Å². The van der Waals surface area contributed by atoms with Crippen molar-refractivity contribution in [2.24, 2.45) is 5.41 Å². The van der Waals surface area contributed by atoms with Crippen LogP contribution in [0.2, 0.25) is 0 Å². The van der Waals surface area contributed by atoms with Gasteiger partial charge in [0, 0.05) is 24.4 Å². The summed E-state index contributed by atoms with van der Waals surface area (Å²) in [5.41, 5.74) is 1.19. The highest BCUT2D eigenvalue weighted by Gasteiger charge is 2.23. The highest BCUT2D eigenvalue weighted by molar-refractivity contribution is 7.09. The molecule has 2 N–H and O–H groups in total. The van der Waals surface area contributed by atoms with Crippen molar-refractivity contribution in [3.05, 3.63) is 35.7 Å². The molecule has 1 aliphatic heterocycles. The molecule has 0 unspecified atom stereocenters. The highest BCUT2D eigenvalue weighted by atomic mass is 32.1.